The van der Waals surface area contributed by atoms with Gasteiger partial charge in [-0.25, -0.2) is 8.78 Å². The van der Waals surface area contributed by atoms with E-state index in [4.69, 9.17) is 0 Å². The summed E-state index contributed by atoms with van der Waals surface area (Å²) in [6, 6.07) is 9.57. The SMILES string of the molecule is O=C(Nc1ccc(F)cc1F)c1ccccc1N1CCCC1=O. The molecule has 6 heteroatoms. The maximum Gasteiger partial charge on any atom is 0.257 e. The average Bonchev–Trinajstić information content (AvgIpc) is 2.96. The van der Waals surface area contributed by atoms with E-state index >= 15 is 0 Å². The number of amides is 2. The first kappa shape index (κ1) is 15.1. The van der Waals surface area contributed by atoms with Crippen LogP contribution in [0.5, 0.6) is 0 Å². The van der Waals surface area contributed by atoms with Crippen LogP contribution < -0.4 is 10.2 Å². The molecule has 0 aliphatic carbocycles. The Labute approximate surface area is 131 Å². The summed E-state index contributed by atoms with van der Waals surface area (Å²) in [7, 11) is 0. The molecule has 0 radical (unpaired) electrons. The maximum absolute atomic E-state index is 13.7. The van der Waals surface area contributed by atoms with Crippen LogP contribution in [0.15, 0.2) is 42.5 Å². The largest absolute Gasteiger partial charge is 0.319 e. The number of halogens is 2. The summed E-state index contributed by atoms with van der Waals surface area (Å²) < 4.78 is 26.6. The summed E-state index contributed by atoms with van der Waals surface area (Å²) in [4.78, 5) is 25.9. The Morgan fingerprint density at radius 2 is 1.91 bits per heavy atom. The van der Waals surface area contributed by atoms with Gasteiger partial charge in [0.2, 0.25) is 5.91 Å². The van der Waals surface area contributed by atoms with Gasteiger partial charge in [-0.2, -0.15) is 0 Å². The summed E-state index contributed by atoms with van der Waals surface area (Å²) >= 11 is 0. The van der Waals surface area contributed by atoms with Crippen LogP contribution in [0.25, 0.3) is 0 Å². The lowest BCUT2D eigenvalue weighted by Gasteiger charge is -2.19. The summed E-state index contributed by atoms with van der Waals surface area (Å²) in [6.07, 6.45) is 1.18. The van der Waals surface area contributed by atoms with Crippen molar-refractivity contribution in [2.24, 2.45) is 0 Å². The molecule has 1 N–H and O–H groups in total. The minimum Gasteiger partial charge on any atom is -0.319 e. The third-order valence-electron chi connectivity index (χ3n) is 3.69. The first-order valence-corrected chi connectivity index (χ1v) is 7.22. The summed E-state index contributed by atoms with van der Waals surface area (Å²) in [6.45, 7) is 0.550. The lowest BCUT2D eigenvalue weighted by Crippen LogP contribution is -2.27. The van der Waals surface area contributed by atoms with Gasteiger partial charge < -0.3 is 10.2 Å². The number of benzene rings is 2. The van der Waals surface area contributed by atoms with Gasteiger partial charge in [-0.1, -0.05) is 12.1 Å². The van der Waals surface area contributed by atoms with Crippen molar-refractivity contribution in [2.75, 3.05) is 16.8 Å². The van der Waals surface area contributed by atoms with Crippen molar-refractivity contribution in [3.05, 3.63) is 59.7 Å². The summed E-state index contributed by atoms with van der Waals surface area (Å²) in [5.74, 6) is -2.17. The lowest BCUT2D eigenvalue weighted by molar-refractivity contribution is -0.117. The molecule has 1 aliphatic heterocycles. The number of carbonyl (C=O) groups is 2. The van der Waals surface area contributed by atoms with Crippen LogP contribution in [0.2, 0.25) is 0 Å². The number of hydrogen-bond acceptors (Lipinski definition) is 2. The van der Waals surface area contributed by atoms with Crippen LogP contribution in [-0.2, 0) is 4.79 Å². The van der Waals surface area contributed by atoms with Crippen molar-refractivity contribution in [3.8, 4) is 0 Å². The second-order valence-electron chi connectivity index (χ2n) is 5.24. The second kappa shape index (κ2) is 6.16. The van der Waals surface area contributed by atoms with Crippen LogP contribution in [-0.4, -0.2) is 18.4 Å². The van der Waals surface area contributed by atoms with Crippen LogP contribution in [0, 0.1) is 11.6 Å². The molecule has 0 aromatic heterocycles. The van der Waals surface area contributed by atoms with E-state index in [1.54, 1.807) is 29.2 Å². The van der Waals surface area contributed by atoms with E-state index in [-0.39, 0.29) is 17.2 Å². The van der Waals surface area contributed by atoms with Crippen LogP contribution >= 0.6 is 0 Å². The highest BCUT2D eigenvalue weighted by Gasteiger charge is 2.25. The van der Waals surface area contributed by atoms with E-state index in [0.29, 0.717) is 24.7 Å². The molecular weight excluding hydrogens is 302 g/mol. The van der Waals surface area contributed by atoms with Crippen LogP contribution in [0.4, 0.5) is 20.2 Å². The van der Waals surface area contributed by atoms with Crippen LogP contribution in [0.3, 0.4) is 0 Å². The van der Waals surface area contributed by atoms with E-state index in [1.807, 2.05) is 0 Å². The number of carbonyl (C=O) groups excluding carboxylic acids is 2. The fraction of sp³-hybridized carbons (Fsp3) is 0.176. The Bertz CT molecular complexity index is 777. The van der Waals surface area contributed by atoms with E-state index in [1.165, 1.54) is 0 Å². The van der Waals surface area contributed by atoms with Crippen LogP contribution in [0.1, 0.15) is 23.2 Å². The molecule has 1 heterocycles. The van der Waals surface area contributed by atoms with Gasteiger partial charge in [0.1, 0.15) is 11.6 Å². The zero-order chi connectivity index (χ0) is 16.4. The monoisotopic (exact) mass is 316 g/mol. The first-order valence-electron chi connectivity index (χ1n) is 7.22. The third-order valence-corrected chi connectivity index (χ3v) is 3.69. The van der Waals surface area contributed by atoms with E-state index in [0.717, 1.165) is 18.6 Å². The molecule has 2 amide bonds. The molecule has 1 saturated heterocycles. The second-order valence-corrected chi connectivity index (χ2v) is 5.24. The maximum atomic E-state index is 13.7. The molecule has 2 aromatic carbocycles. The number of anilines is 2. The van der Waals surface area contributed by atoms with Gasteiger partial charge in [0, 0.05) is 19.0 Å². The fourth-order valence-corrected chi connectivity index (χ4v) is 2.58. The first-order chi connectivity index (χ1) is 11.1. The molecule has 3 rings (SSSR count). The van der Waals surface area contributed by atoms with Crippen molar-refractivity contribution >= 4 is 23.2 Å². The number of rotatable bonds is 3. The lowest BCUT2D eigenvalue weighted by atomic mass is 10.1. The van der Waals surface area contributed by atoms with Gasteiger partial charge in [0.15, 0.2) is 0 Å². The number of hydrogen-bond donors (Lipinski definition) is 1. The molecule has 2 aromatic rings. The molecule has 0 unspecified atom stereocenters. The molecule has 0 atom stereocenters. The molecule has 1 fully saturated rings. The highest BCUT2D eigenvalue weighted by molar-refractivity contribution is 6.11. The predicted molar refractivity (Wildman–Crippen MR) is 82.3 cm³/mol. The minimum absolute atomic E-state index is 0.0433. The summed E-state index contributed by atoms with van der Waals surface area (Å²) in [5.41, 5.74) is 0.653. The normalized spacial score (nSPS) is 14.2. The Morgan fingerprint density at radius 1 is 1.13 bits per heavy atom. The number of nitrogens with one attached hydrogen (secondary N) is 1. The molecule has 0 spiro atoms. The van der Waals surface area contributed by atoms with Crippen molar-refractivity contribution in [2.45, 2.75) is 12.8 Å². The topological polar surface area (TPSA) is 49.4 Å². The van der Waals surface area contributed by atoms with Crippen molar-refractivity contribution in [1.29, 1.82) is 0 Å². The Kier molecular flexibility index (Phi) is 4.06. The highest BCUT2D eigenvalue weighted by Crippen LogP contribution is 2.26. The number of nitrogens with zero attached hydrogens (tertiary/aromatic N) is 1. The highest BCUT2D eigenvalue weighted by atomic mass is 19.1. The average molecular weight is 316 g/mol. The minimum atomic E-state index is -0.854. The number of para-hydroxylation sites is 1. The smallest absolute Gasteiger partial charge is 0.257 e. The quantitative estimate of drug-likeness (QED) is 0.944. The van der Waals surface area contributed by atoms with Gasteiger partial charge in [0.05, 0.1) is 16.9 Å². The Balaban J connectivity index is 1.89. The molecule has 23 heavy (non-hydrogen) atoms. The third kappa shape index (κ3) is 3.06. The standard InChI is InChI=1S/C17H14F2N2O2/c18-11-7-8-14(13(19)10-11)20-17(23)12-4-1-2-5-15(12)21-9-3-6-16(21)22/h1-2,4-5,7-8,10H,3,6,9H2,(H,20,23). The van der Waals surface area contributed by atoms with Crippen molar-refractivity contribution in [1.82, 2.24) is 0 Å². The molecule has 1 aliphatic rings. The van der Waals surface area contributed by atoms with Gasteiger partial charge in [-0.3, -0.25) is 9.59 Å². The van der Waals surface area contributed by atoms with Crippen molar-refractivity contribution < 1.29 is 18.4 Å². The predicted octanol–water partition coefficient (Wildman–Crippen LogP) is 3.34. The van der Waals surface area contributed by atoms with Gasteiger partial charge >= 0.3 is 0 Å². The Hall–Kier alpha value is -2.76. The summed E-state index contributed by atoms with van der Waals surface area (Å²) in [5, 5.41) is 2.41. The molecule has 118 valence electrons. The molecule has 0 bridgehead atoms. The molecule has 4 nitrogen and oxygen atoms in total. The van der Waals surface area contributed by atoms with E-state index < -0.39 is 17.5 Å². The van der Waals surface area contributed by atoms with Crippen molar-refractivity contribution in [3.63, 3.8) is 0 Å². The van der Waals surface area contributed by atoms with Gasteiger partial charge in [0.25, 0.3) is 5.91 Å². The van der Waals surface area contributed by atoms with Gasteiger partial charge in [-0.05, 0) is 30.7 Å². The Morgan fingerprint density at radius 3 is 2.61 bits per heavy atom. The molecule has 0 saturated carbocycles. The fourth-order valence-electron chi connectivity index (χ4n) is 2.58. The van der Waals surface area contributed by atoms with E-state index in [2.05, 4.69) is 5.32 Å². The van der Waals surface area contributed by atoms with E-state index in [9.17, 15) is 18.4 Å². The zero-order valence-electron chi connectivity index (χ0n) is 12.2. The molecular formula is C17H14F2N2O2. The van der Waals surface area contributed by atoms with Gasteiger partial charge in [-0.15, -0.1) is 0 Å². The zero-order valence-corrected chi connectivity index (χ0v) is 12.2.